The normalized spacial score (nSPS) is 12.2. The number of hydrogen-bond donors (Lipinski definition) is 1. The van der Waals surface area contributed by atoms with Crippen molar-refractivity contribution in [2.24, 2.45) is 0 Å². The van der Waals surface area contributed by atoms with E-state index < -0.39 is 0 Å². The maximum atomic E-state index is 12.5. The first kappa shape index (κ1) is 15.2. The number of nitrogens with zero attached hydrogens (tertiary/aromatic N) is 2. The van der Waals surface area contributed by atoms with E-state index in [0.29, 0.717) is 5.56 Å². The molecule has 0 aliphatic heterocycles. The molecule has 1 atom stereocenters. The predicted octanol–water partition coefficient (Wildman–Crippen LogP) is 4.11. The van der Waals surface area contributed by atoms with Gasteiger partial charge in [-0.1, -0.05) is 36.4 Å². The van der Waals surface area contributed by atoms with Crippen LogP contribution in [0.3, 0.4) is 0 Å². The third-order valence-corrected chi connectivity index (χ3v) is 4.08. The molecule has 25 heavy (non-hydrogen) atoms. The standard InChI is InChI=1S/C20H17N3O2/c1-14(19-11-15-7-5-6-10-18(15)25-19)22-20(24)16-12-21-23(13-16)17-8-3-2-4-9-17/h2-14H,1H3,(H,22,24)/t14-/m0/s1. The van der Waals surface area contributed by atoms with Crippen LogP contribution in [0.25, 0.3) is 16.7 Å². The predicted molar refractivity (Wildman–Crippen MR) is 95.7 cm³/mol. The number of aromatic nitrogens is 2. The van der Waals surface area contributed by atoms with Gasteiger partial charge in [0.25, 0.3) is 5.91 Å². The lowest BCUT2D eigenvalue weighted by molar-refractivity contribution is 0.0935. The topological polar surface area (TPSA) is 60.1 Å². The van der Waals surface area contributed by atoms with E-state index in [1.807, 2.05) is 67.6 Å². The third kappa shape index (κ3) is 3.04. The molecule has 2 aromatic heterocycles. The molecule has 0 saturated carbocycles. The van der Waals surface area contributed by atoms with Crippen molar-refractivity contribution in [1.82, 2.24) is 15.1 Å². The highest BCUT2D eigenvalue weighted by Gasteiger charge is 2.16. The summed E-state index contributed by atoms with van der Waals surface area (Å²) in [5.74, 6) is 0.542. The summed E-state index contributed by atoms with van der Waals surface area (Å²) in [6.07, 6.45) is 3.28. The van der Waals surface area contributed by atoms with E-state index in [1.54, 1.807) is 17.1 Å². The van der Waals surface area contributed by atoms with Gasteiger partial charge in [-0.05, 0) is 31.2 Å². The quantitative estimate of drug-likeness (QED) is 0.612. The first-order valence-electron chi connectivity index (χ1n) is 8.10. The molecule has 0 aliphatic rings. The molecule has 0 unspecified atom stereocenters. The minimum Gasteiger partial charge on any atom is -0.459 e. The van der Waals surface area contributed by atoms with Gasteiger partial charge in [-0.3, -0.25) is 4.79 Å². The van der Waals surface area contributed by atoms with E-state index in [2.05, 4.69) is 10.4 Å². The number of para-hydroxylation sites is 2. The average molecular weight is 331 g/mol. The molecule has 5 heteroatoms. The van der Waals surface area contributed by atoms with E-state index >= 15 is 0 Å². The van der Waals surface area contributed by atoms with Gasteiger partial charge in [0, 0.05) is 11.6 Å². The molecule has 4 rings (SSSR count). The maximum Gasteiger partial charge on any atom is 0.255 e. The van der Waals surface area contributed by atoms with Crippen LogP contribution in [0.15, 0.2) is 77.5 Å². The van der Waals surface area contributed by atoms with Gasteiger partial charge in [0.1, 0.15) is 11.3 Å². The SMILES string of the molecule is C[C@H](NC(=O)c1cnn(-c2ccccc2)c1)c1cc2ccccc2o1. The second-order valence-electron chi connectivity index (χ2n) is 5.89. The zero-order chi connectivity index (χ0) is 17.2. The molecule has 1 amide bonds. The summed E-state index contributed by atoms with van der Waals surface area (Å²) < 4.78 is 7.49. The number of furan rings is 1. The number of amides is 1. The Kier molecular flexibility index (Phi) is 3.82. The molecule has 0 bridgehead atoms. The van der Waals surface area contributed by atoms with E-state index in [0.717, 1.165) is 22.4 Å². The molecule has 4 aromatic rings. The van der Waals surface area contributed by atoms with Crippen molar-refractivity contribution in [3.05, 3.63) is 84.4 Å². The van der Waals surface area contributed by atoms with Gasteiger partial charge in [-0.2, -0.15) is 5.10 Å². The minimum absolute atomic E-state index is 0.185. The highest BCUT2D eigenvalue weighted by molar-refractivity contribution is 5.94. The van der Waals surface area contributed by atoms with Crippen LogP contribution in [0.4, 0.5) is 0 Å². The fourth-order valence-electron chi connectivity index (χ4n) is 2.73. The van der Waals surface area contributed by atoms with Crippen molar-refractivity contribution in [1.29, 1.82) is 0 Å². The van der Waals surface area contributed by atoms with Gasteiger partial charge >= 0.3 is 0 Å². The molecule has 0 aliphatic carbocycles. The Hall–Kier alpha value is -3.34. The largest absolute Gasteiger partial charge is 0.459 e. The van der Waals surface area contributed by atoms with Gasteiger partial charge in [-0.15, -0.1) is 0 Å². The minimum atomic E-state index is -0.236. The van der Waals surface area contributed by atoms with E-state index in [4.69, 9.17) is 4.42 Å². The van der Waals surface area contributed by atoms with Crippen LogP contribution in [0.1, 0.15) is 29.1 Å². The zero-order valence-corrected chi connectivity index (χ0v) is 13.7. The van der Waals surface area contributed by atoms with E-state index in [1.165, 1.54) is 0 Å². The molecule has 2 heterocycles. The second kappa shape index (κ2) is 6.28. The number of carbonyl (C=O) groups excluding carboxylic acids is 1. The van der Waals surface area contributed by atoms with Gasteiger partial charge in [-0.25, -0.2) is 4.68 Å². The lowest BCUT2D eigenvalue weighted by atomic mass is 10.2. The van der Waals surface area contributed by atoms with Crippen molar-refractivity contribution in [2.75, 3.05) is 0 Å². The second-order valence-corrected chi connectivity index (χ2v) is 5.89. The summed E-state index contributed by atoms with van der Waals surface area (Å²) >= 11 is 0. The number of benzene rings is 2. The Labute approximate surface area is 144 Å². The van der Waals surface area contributed by atoms with Crippen molar-refractivity contribution in [3.63, 3.8) is 0 Å². The molecule has 0 fully saturated rings. The molecule has 2 aromatic carbocycles. The van der Waals surface area contributed by atoms with Crippen LogP contribution in [0.2, 0.25) is 0 Å². The summed E-state index contributed by atoms with van der Waals surface area (Å²) in [6.45, 7) is 1.90. The van der Waals surface area contributed by atoms with E-state index in [9.17, 15) is 4.79 Å². The van der Waals surface area contributed by atoms with E-state index in [-0.39, 0.29) is 11.9 Å². The maximum absolute atomic E-state index is 12.5. The Morgan fingerprint density at radius 1 is 1.12 bits per heavy atom. The molecule has 0 spiro atoms. The van der Waals surface area contributed by atoms with Crippen LogP contribution >= 0.6 is 0 Å². The van der Waals surface area contributed by atoms with Crippen LogP contribution in [0.5, 0.6) is 0 Å². The number of fused-ring (bicyclic) bond motifs is 1. The number of nitrogens with one attached hydrogen (secondary N) is 1. The Balaban J connectivity index is 1.51. The highest BCUT2D eigenvalue weighted by atomic mass is 16.3. The average Bonchev–Trinajstić information content (AvgIpc) is 3.29. The Morgan fingerprint density at radius 3 is 2.68 bits per heavy atom. The fourth-order valence-corrected chi connectivity index (χ4v) is 2.73. The van der Waals surface area contributed by atoms with Gasteiger partial charge in [0.15, 0.2) is 0 Å². The molecular formula is C20H17N3O2. The van der Waals surface area contributed by atoms with Crippen LogP contribution in [0, 0.1) is 0 Å². The summed E-state index contributed by atoms with van der Waals surface area (Å²) in [4.78, 5) is 12.5. The molecule has 0 radical (unpaired) electrons. The van der Waals surface area contributed by atoms with Gasteiger partial charge < -0.3 is 9.73 Å². The van der Waals surface area contributed by atoms with Crippen molar-refractivity contribution in [3.8, 4) is 5.69 Å². The third-order valence-electron chi connectivity index (χ3n) is 4.08. The van der Waals surface area contributed by atoms with Crippen molar-refractivity contribution >= 4 is 16.9 Å². The molecule has 124 valence electrons. The molecule has 0 saturated heterocycles. The van der Waals surface area contributed by atoms with Crippen molar-refractivity contribution in [2.45, 2.75) is 13.0 Å². The Bertz CT molecular complexity index is 985. The summed E-state index contributed by atoms with van der Waals surface area (Å²) in [6, 6.07) is 19.2. The Morgan fingerprint density at radius 2 is 1.88 bits per heavy atom. The van der Waals surface area contributed by atoms with Gasteiger partial charge in [0.2, 0.25) is 0 Å². The number of hydrogen-bond acceptors (Lipinski definition) is 3. The lowest BCUT2D eigenvalue weighted by Crippen LogP contribution is -2.26. The van der Waals surface area contributed by atoms with Crippen molar-refractivity contribution < 1.29 is 9.21 Å². The monoisotopic (exact) mass is 331 g/mol. The fraction of sp³-hybridized carbons (Fsp3) is 0.100. The zero-order valence-electron chi connectivity index (χ0n) is 13.7. The summed E-state index contributed by atoms with van der Waals surface area (Å²) in [5, 5.41) is 8.23. The van der Waals surface area contributed by atoms with Crippen LogP contribution in [-0.2, 0) is 0 Å². The molecule has 5 nitrogen and oxygen atoms in total. The summed E-state index contributed by atoms with van der Waals surface area (Å²) in [5.41, 5.74) is 2.23. The molecule has 1 N–H and O–H groups in total. The summed E-state index contributed by atoms with van der Waals surface area (Å²) in [7, 11) is 0. The lowest BCUT2D eigenvalue weighted by Gasteiger charge is -2.10. The van der Waals surface area contributed by atoms with Gasteiger partial charge in [0.05, 0.1) is 23.5 Å². The first-order chi connectivity index (χ1) is 12.2. The molecular weight excluding hydrogens is 314 g/mol. The first-order valence-corrected chi connectivity index (χ1v) is 8.10. The smallest absolute Gasteiger partial charge is 0.255 e. The highest BCUT2D eigenvalue weighted by Crippen LogP contribution is 2.23. The number of carbonyl (C=O) groups is 1. The van der Waals surface area contributed by atoms with Crippen LogP contribution < -0.4 is 5.32 Å². The van der Waals surface area contributed by atoms with Crippen LogP contribution in [-0.4, -0.2) is 15.7 Å². The number of rotatable bonds is 4.